The second kappa shape index (κ2) is 3.76. The van der Waals surface area contributed by atoms with Gasteiger partial charge in [-0.05, 0) is 39.8 Å². The van der Waals surface area contributed by atoms with Crippen LogP contribution in [-0.4, -0.2) is 23.1 Å². The van der Waals surface area contributed by atoms with Crippen molar-refractivity contribution in [3.8, 4) is 0 Å². The summed E-state index contributed by atoms with van der Waals surface area (Å²) in [7, 11) is 0. The molecule has 0 saturated carbocycles. The van der Waals surface area contributed by atoms with Crippen molar-refractivity contribution < 1.29 is 9.59 Å². The first-order valence-corrected chi connectivity index (χ1v) is 5.81. The fourth-order valence-corrected chi connectivity index (χ4v) is 2.46. The topological polar surface area (TPSA) is 82.3 Å². The predicted molar refractivity (Wildman–Crippen MR) is 67.7 cm³/mol. The van der Waals surface area contributed by atoms with E-state index in [1.165, 1.54) is 0 Å². The summed E-state index contributed by atoms with van der Waals surface area (Å²) in [5.41, 5.74) is 0.166. The van der Waals surface area contributed by atoms with Gasteiger partial charge in [-0.3, -0.25) is 0 Å². The summed E-state index contributed by atoms with van der Waals surface area (Å²) >= 11 is 0. The Hall–Kier alpha value is -1.98. The first kappa shape index (κ1) is 12.5. The van der Waals surface area contributed by atoms with E-state index < -0.39 is 11.1 Å². The molecule has 98 valence electrons. The van der Waals surface area contributed by atoms with Crippen molar-refractivity contribution in [1.82, 2.24) is 21.3 Å². The molecule has 0 bridgehead atoms. The molecule has 2 rings (SSSR count). The van der Waals surface area contributed by atoms with Gasteiger partial charge in [0.25, 0.3) is 0 Å². The molecule has 0 aliphatic carbocycles. The zero-order chi connectivity index (χ0) is 13.6. The highest BCUT2D eigenvalue weighted by Gasteiger charge is 2.47. The Morgan fingerprint density at radius 1 is 0.833 bits per heavy atom. The van der Waals surface area contributed by atoms with E-state index in [0.29, 0.717) is 0 Å². The Bertz CT molecular complexity index is 438. The van der Waals surface area contributed by atoms with Gasteiger partial charge in [-0.1, -0.05) is 0 Å². The van der Waals surface area contributed by atoms with Gasteiger partial charge in [0, 0.05) is 11.4 Å². The van der Waals surface area contributed by atoms with Crippen molar-refractivity contribution in [2.45, 2.75) is 38.8 Å². The van der Waals surface area contributed by atoms with Gasteiger partial charge in [0.15, 0.2) is 0 Å². The zero-order valence-electron chi connectivity index (χ0n) is 11.0. The lowest BCUT2D eigenvalue weighted by Gasteiger charge is -2.47. The van der Waals surface area contributed by atoms with Crippen LogP contribution in [0.15, 0.2) is 23.5 Å². The summed E-state index contributed by atoms with van der Waals surface area (Å²) in [4.78, 5) is 23.2. The lowest BCUT2D eigenvalue weighted by Crippen LogP contribution is -2.71. The number of nitrogens with one attached hydrogen (secondary N) is 4. The highest BCUT2D eigenvalue weighted by atomic mass is 16.2. The molecule has 2 heterocycles. The second-order valence-corrected chi connectivity index (χ2v) is 5.22. The number of allylic oxidation sites excluding steroid dienone is 2. The molecule has 0 aromatic rings. The highest BCUT2D eigenvalue weighted by molar-refractivity contribution is 5.82. The predicted octanol–water partition coefficient (Wildman–Crippen LogP) is 0.937. The Morgan fingerprint density at radius 2 is 1.17 bits per heavy atom. The molecule has 6 heteroatoms. The van der Waals surface area contributed by atoms with Gasteiger partial charge >= 0.3 is 12.1 Å². The fraction of sp³-hybridized carbons (Fsp3) is 0.500. The van der Waals surface area contributed by atoms with Crippen LogP contribution in [0.2, 0.25) is 0 Å². The smallest absolute Gasteiger partial charge is 0.319 e. The number of urea groups is 2. The average Bonchev–Trinajstić information content (AvgIpc) is 2.11. The Labute approximate surface area is 106 Å². The summed E-state index contributed by atoms with van der Waals surface area (Å²) < 4.78 is 0. The monoisotopic (exact) mass is 250 g/mol. The van der Waals surface area contributed by atoms with Gasteiger partial charge < -0.3 is 21.3 Å². The molecule has 2 aliphatic heterocycles. The molecular weight excluding hydrogens is 232 g/mol. The van der Waals surface area contributed by atoms with Crippen molar-refractivity contribution in [3.63, 3.8) is 0 Å². The van der Waals surface area contributed by atoms with Gasteiger partial charge in [0.05, 0.1) is 11.1 Å². The van der Waals surface area contributed by atoms with Gasteiger partial charge in [-0.2, -0.15) is 0 Å². The van der Waals surface area contributed by atoms with Crippen LogP contribution in [0.25, 0.3) is 0 Å². The van der Waals surface area contributed by atoms with Crippen LogP contribution in [0.5, 0.6) is 0 Å². The molecule has 4 amide bonds. The molecular formula is C12H18N4O2. The second-order valence-electron chi connectivity index (χ2n) is 5.22. The minimum atomic E-state index is -0.682. The fourth-order valence-electron chi connectivity index (χ4n) is 2.46. The van der Waals surface area contributed by atoms with Crippen molar-refractivity contribution in [3.05, 3.63) is 23.5 Å². The van der Waals surface area contributed by atoms with Crippen LogP contribution in [0.4, 0.5) is 9.59 Å². The first-order chi connectivity index (χ1) is 8.24. The van der Waals surface area contributed by atoms with Crippen LogP contribution < -0.4 is 21.3 Å². The SMILES string of the molecule is CC1=C[C@](C)([C@@]2(C)C=C(C)NC(=O)N2)NC(=O)N1. The van der Waals surface area contributed by atoms with Gasteiger partial charge in [-0.25, -0.2) is 9.59 Å². The Balaban J connectivity index is 2.46. The summed E-state index contributed by atoms with van der Waals surface area (Å²) in [6.45, 7) is 7.40. The largest absolute Gasteiger partial charge is 0.326 e. The van der Waals surface area contributed by atoms with E-state index in [1.54, 1.807) is 0 Å². The van der Waals surface area contributed by atoms with E-state index in [2.05, 4.69) is 21.3 Å². The first-order valence-electron chi connectivity index (χ1n) is 5.81. The molecule has 0 aromatic heterocycles. The van der Waals surface area contributed by atoms with Crippen molar-refractivity contribution in [2.75, 3.05) is 0 Å². The van der Waals surface area contributed by atoms with Crippen molar-refractivity contribution in [1.29, 1.82) is 0 Å². The maximum atomic E-state index is 11.6. The number of rotatable bonds is 1. The molecule has 18 heavy (non-hydrogen) atoms. The van der Waals surface area contributed by atoms with E-state index in [9.17, 15) is 9.59 Å². The van der Waals surface area contributed by atoms with E-state index in [4.69, 9.17) is 0 Å². The lowest BCUT2D eigenvalue weighted by molar-refractivity contribution is 0.195. The van der Waals surface area contributed by atoms with E-state index in [0.717, 1.165) is 11.4 Å². The molecule has 4 N–H and O–H groups in total. The third-order valence-electron chi connectivity index (χ3n) is 3.46. The lowest BCUT2D eigenvalue weighted by atomic mass is 9.76. The maximum absolute atomic E-state index is 11.6. The molecule has 2 aliphatic rings. The maximum Gasteiger partial charge on any atom is 0.319 e. The van der Waals surface area contributed by atoms with E-state index in [-0.39, 0.29) is 12.1 Å². The number of amides is 4. The Kier molecular flexibility index (Phi) is 2.61. The number of hydrogen-bond acceptors (Lipinski definition) is 2. The Morgan fingerprint density at radius 3 is 1.44 bits per heavy atom. The van der Waals surface area contributed by atoms with E-state index in [1.807, 2.05) is 39.8 Å². The minimum absolute atomic E-state index is 0.266. The highest BCUT2D eigenvalue weighted by Crippen LogP contribution is 2.30. The van der Waals surface area contributed by atoms with Gasteiger partial charge in [-0.15, -0.1) is 0 Å². The van der Waals surface area contributed by atoms with Crippen LogP contribution in [0.3, 0.4) is 0 Å². The van der Waals surface area contributed by atoms with Gasteiger partial charge in [0.1, 0.15) is 0 Å². The van der Waals surface area contributed by atoms with Crippen LogP contribution >= 0.6 is 0 Å². The molecule has 0 unspecified atom stereocenters. The standard InChI is InChI=1S/C12H18N4O2/c1-7-5-11(3,15-9(17)13-7)12(4)6-8(2)14-10(18)16-12/h5-6H,1-4H3,(H2,13,15,17)(H2,14,16,18)/t11-,12-/m1/s1. The van der Waals surface area contributed by atoms with Gasteiger partial charge in [0.2, 0.25) is 0 Å². The molecule has 0 aromatic carbocycles. The minimum Gasteiger partial charge on any atom is -0.326 e. The molecule has 0 saturated heterocycles. The van der Waals surface area contributed by atoms with Crippen LogP contribution in [0, 0.1) is 0 Å². The molecule has 6 nitrogen and oxygen atoms in total. The summed E-state index contributed by atoms with van der Waals surface area (Å²) in [5, 5.41) is 11.1. The third-order valence-corrected chi connectivity index (χ3v) is 3.46. The normalized spacial score (nSPS) is 35.6. The number of hydrogen-bond donors (Lipinski definition) is 4. The van der Waals surface area contributed by atoms with Crippen molar-refractivity contribution in [2.24, 2.45) is 0 Å². The summed E-state index contributed by atoms with van der Waals surface area (Å²) in [6.07, 6.45) is 3.81. The zero-order valence-corrected chi connectivity index (χ0v) is 11.0. The summed E-state index contributed by atoms with van der Waals surface area (Å²) in [5.74, 6) is 0. The molecule has 2 atom stereocenters. The molecule has 0 fully saturated rings. The average molecular weight is 250 g/mol. The number of carbonyl (C=O) groups is 2. The van der Waals surface area contributed by atoms with Crippen molar-refractivity contribution >= 4 is 12.1 Å². The van der Waals surface area contributed by atoms with Crippen LogP contribution in [0.1, 0.15) is 27.7 Å². The molecule has 0 spiro atoms. The van der Waals surface area contributed by atoms with E-state index >= 15 is 0 Å². The third kappa shape index (κ3) is 1.94. The number of carbonyl (C=O) groups excluding carboxylic acids is 2. The van der Waals surface area contributed by atoms with Crippen LogP contribution in [-0.2, 0) is 0 Å². The molecule has 0 radical (unpaired) electrons. The summed E-state index contributed by atoms with van der Waals surface area (Å²) in [6, 6.07) is -0.532. The quantitative estimate of drug-likeness (QED) is 0.558.